The van der Waals surface area contributed by atoms with Crippen LogP contribution >= 0.6 is 0 Å². The summed E-state index contributed by atoms with van der Waals surface area (Å²) in [6.45, 7) is 0.765. The maximum atomic E-state index is 12.7. The smallest absolute Gasteiger partial charge is 0.267 e. The summed E-state index contributed by atoms with van der Waals surface area (Å²) in [5, 5.41) is 13.7. The Labute approximate surface area is 137 Å². The van der Waals surface area contributed by atoms with Gasteiger partial charge in [-0.3, -0.25) is 14.6 Å². The minimum Gasteiger partial charge on any atom is -0.506 e. The second kappa shape index (κ2) is 5.49. The zero-order valence-electron chi connectivity index (χ0n) is 12.8. The van der Waals surface area contributed by atoms with E-state index in [9.17, 15) is 14.7 Å². The van der Waals surface area contributed by atoms with Gasteiger partial charge in [0.15, 0.2) is 0 Å². The van der Waals surface area contributed by atoms with E-state index >= 15 is 0 Å². The first-order valence-corrected chi connectivity index (χ1v) is 7.71. The topological polar surface area (TPSA) is 84.2 Å². The van der Waals surface area contributed by atoms with Crippen molar-refractivity contribution in [3.63, 3.8) is 0 Å². The number of para-hydroxylation sites is 1. The molecule has 2 N–H and O–H groups in total. The lowest BCUT2D eigenvalue weighted by Crippen LogP contribution is -2.32. The molecule has 6 nitrogen and oxygen atoms in total. The van der Waals surface area contributed by atoms with Gasteiger partial charge in [0.05, 0.1) is 5.52 Å². The van der Waals surface area contributed by atoms with Crippen LogP contribution in [0.1, 0.15) is 21.5 Å². The quantitative estimate of drug-likeness (QED) is 0.767. The maximum absolute atomic E-state index is 12.7. The predicted octanol–water partition coefficient (Wildman–Crippen LogP) is 1.59. The van der Waals surface area contributed by atoms with Crippen LogP contribution in [0.25, 0.3) is 10.9 Å². The molecule has 1 amide bonds. The van der Waals surface area contributed by atoms with E-state index in [-0.39, 0.29) is 17.9 Å². The van der Waals surface area contributed by atoms with Crippen LogP contribution in [-0.4, -0.2) is 20.6 Å². The summed E-state index contributed by atoms with van der Waals surface area (Å²) in [6.07, 6.45) is 4.01. The summed E-state index contributed by atoms with van der Waals surface area (Å²) >= 11 is 0. The lowest BCUT2D eigenvalue weighted by molar-refractivity contribution is 0.0946. The molecule has 0 radical (unpaired) electrons. The number of amides is 1. The second-order valence-corrected chi connectivity index (χ2v) is 5.79. The van der Waals surface area contributed by atoms with Crippen LogP contribution in [0.2, 0.25) is 0 Å². The molecule has 0 spiro atoms. The normalized spacial score (nSPS) is 12.5. The van der Waals surface area contributed by atoms with E-state index in [4.69, 9.17) is 0 Å². The van der Waals surface area contributed by atoms with Gasteiger partial charge < -0.3 is 15.0 Å². The second-order valence-electron chi connectivity index (χ2n) is 5.79. The van der Waals surface area contributed by atoms with Gasteiger partial charge in [0.25, 0.3) is 11.5 Å². The summed E-state index contributed by atoms with van der Waals surface area (Å²) in [5.74, 6) is -0.831. The molecule has 6 heteroatoms. The van der Waals surface area contributed by atoms with Crippen molar-refractivity contribution in [2.75, 3.05) is 0 Å². The van der Waals surface area contributed by atoms with Crippen molar-refractivity contribution in [3.05, 3.63) is 69.8 Å². The van der Waals surface area contributed by atoms with Crippen LogP contribution < -0.4 is 10.9 Å². The number of aromatic hydroxyl groups is 1. The van der Waals surface area contributed by atoms with Gasteiger partial charge in [0.1, 0.15) is 11.3 Å². The van der Waals surface area contributed by atoms with Gasteiger partial charge in [-0.25, -0.2) is 0 Å². The van der Waals surface area contributed by atoms with E-state index in [1.54, 1.807) is 29.1 Å². The van der Waals surface area contributed by atoms with Crippen molar-refractivity contribution < 1.29 is 9.90 Å². The number of carbonyl (C=O) groups excluding carboxylic acids is 1. The van der Waals surface area contributed by atoms with Crippen LogP contribution in [0, 0.1) is 0 Å². The average Bonchev–Trinajstić information content (AvgIpc) is 3.04. The van der Waals surface area contributed by atoms with Gasteiger partial charge >= 0.3 is 0 Å². The molecule has 0 aliphatic carbocycles. The Morgan fingerprint density at radius 3 is 2.96 bits per heavy atom. The first kappa shape index (κ1) is 14.4. The molecule has 1 aromatic carbocycles. The third-order valence-electron chi connectivity index (χ3n) is 4.35. The first-order chi connectivity index (χ1) is 11.7. The number of rotatable bonds is 3. The van der Waals surface area contributed by atoms with Crippen LogP contribution in [0.3, 0.4) is 0 Å². The molecule has 24 heavy (non-hydrogen) atoms. The molecule has 0 atom stereocenters. The Morgan fingerprint density at radius 2 is 2.17 bits per heavy atom. The van der Waals surface area contributed by atoms with Crippen molar-refractivity contribution >= 4 is 16.8 Å². The third-order valence-corrected chi connectivity index (χ3v) is 4.35. The maximum Gasteiger partial charge on any atom is 0.267 e. The summed E-state index contributed by atoms with van der Waals surface area (Å²) in [6, 6.07) is 9.09. The van der Waals surface area contributed by atoms with Gasteiger partial charge in [-0.2, -0.15) is 0 Å². The fraction of sp³-hybridized carbons (Fsp3) is 0.167. The minimum atomic E-state index is -0.579. The Bertz CT molecular complexity index is 1010. The van der Waals surface area contributed by atoms with E-state index in [1.807, 2.05) is 18.2 Å². The van der Waals surface area contributed by atoms with Gasteiger partial charge in [0, 0.05) is 30.9 Å². The molecule has 3 heterocycles. The molecule has 3 aromatic rings. The molecule has 1 aliphatic rings. The van der Waals surface area contributed by atoms with E-state index in [0.717, 1.165) is 23.1 Å². The van der Waals surface area contributed by atoms with Crippen LogP contribution in [0.4, 0.5) is 0 Å². The average molecular weight is 321 g/mol. The number of pyridine rings is 2. The predicted molar refractivity (Wildman–Crippen MR) is 89.0 cm³/mol. The van der Waals surface area contributed by atoms with E-state index < -0.39 is 11.5 Å². The lowest BCUT2D eigenvalue weighted by Gasteiger charge is -2.11. The highest BCUT2D eigenvalue weighted by Gasteiger charge is 2.25. The van der Waals surface area contributed by atoms with Crippen molar-refractivity contribution in [2.45, 2.75) is 19.5 Å². The number of nitrogens with zero attached hydrogens (tertiary/aromatic N) is 2. The third kappa shape index (κ3) is 2.15. The molecule has 4 rings (SSSR count). The number of benzene rings is 1. The van der Waals surface area contributed by atoms with Crippen LogP contribution in [0.5, 0.6) is 5.75 Å². The molecule has 0 bridgehead atoms. The van der Waals surface area contributed by atoms with E-state index in [0.29, 0.717) is 11.9 Å². The Hall–Kier alpha value is -3.15. The molecule has 0 saturated carbocycles. The Morgan fingerprint density at radius 1 is 1.29 bits per heavy atom. The number of aryl methyl sites for hydroxylation is 2. The largest absolute Gasteiger partial charge is 0.506 e. The van der Waals surface area contributed by atoms with E-state index in [2.05, 4.69) is 10.3 Å². The monoisotopic (exact) mass is 321 g/mol. The molecule has 0 saturated heterocycles. The first-order valence-electron chi connectivity index (χ1n) is 7.71. The molecule has 1 aliphatic heterocycles. The van der Waals surface area contributed by atoms with Crippen molar-refractivity contribution in [3.8, 4) is 5.75 Å². The highest BCUT2D eigenvalue weighted by molar-refractivity contribution is 6.03. The molecule has 2 aromatic heterocycles. The number of carbonyl (C=O) groups is 1. The minimum absolute atomic E-state index is 0.203. The van der Waals surface area contributed by atoms with Gasteiger partial charge in [-0.05, 0) is 29.7 Å². The van der Waals surface area contributed by atoms with Crippen molar-refractivity contribution in [1.29, 1.82) is 0 Å². The SMILES string of the molecule is O=C(NCc1cccnc1)c1c(O)c2cccc3c2n(c1=O)CC3. The van der Waals surface area contributed by atoms with Gasteiger partial charge in [-0.1, -0.05) is 18.2 Å². The van der Waals surface area contributed by atoms with Crippen LogP contribution in [-0.2, 0) is 19.5 Å². The highest BCUT2D eigenvalue weighted by Crippen LogP contribution is 2.31. The van der Waals surface area contributed by atoms with E-state index in [1.165, 1.54) is 0 Å². The van der Waals surface area contributed by atoms with Crippen molar-refractivity contribution in [1.82, 2.24) is 14.9 Å². The number of nitrogens with one attached hydrogen (secondary N) is 1. The molecule has 0 fully saturated rings. The zero-order chi connectivity index (χ0) is 16.7. The highest BCUT2D eigenvalue weighted by atomic mass is 16.3. The number of hydrogen-bond acceptors (Lipinski definition) is 4. The Balaban J connectivity index is 1.75. The summed E-state index contributed by atoms with van der Waals surface area (Å²) in [5.41, 5.74) is 1.91. The van der Waals surface area contributed by atoms with Gasteiger partial charge in [-0.15, -0.1) is 0 Å². The summed E-state index contributed by atoms with van der Waals surface area (Å²) < 4.78 is 1.57. The van der Waals surface area contributed by atoms with Crippen LogP contribution in [0.15, 0.2) is 47.5 Å². The molecule has 120 valence electrons. The fourth-order valence-electron chi connectivity index (χ4n) is 3.20. The fourth-order valence-corrected chi connectivity index (χ4v) is 3.20. The lowest BCUT2D eigenvalue weighted by atomic mass is 10.1. The van der Waals surface area contributed by atoms with Gasteiger partial charge in [0.2, 0.25) is 0 Å². The molecular formula is C18H15N3O3. The Kier molecular flexibility index (Phi) is 3.30. The number of hydrogen-bond donors (Lipinski definition) is 2. The zero-order valence-corrected chi connectivity index (χ0v) is 12.8. The number of aromatic nitrogens is 2. The summed E-state index contributed by atoms with van der Waals surface area (Å²) in [7, 11) is 0. The summed E-state index contributed by atoms with van der Waals surface area (Å²) in [4.78, 5) is 29.1. The molecular weight excluding hydrogens is 306 g/mol. The molecule has 0 unspecified atom stereocenters. The van der Waals surface area contributed by atoms with Crippen molar-refractivity contribution in [2.24, 2.45) is 0 Å². The standard InChI is InChI=1S/C18H15N3O3/c22-16-13-5-1-4-12-6-8-21(15(12)13)18(24)14(16)17(23)20-10-11-3-2-7-19-9-11/h1-5,7,9,22H,6,8,10H2,(H,20,23).